The molecule has 17 heavy (non-hydrogen) atoms. The Hall–Kier alpha value is -0.120. The van der Waals surface area contributed by atoms with E-state index >= 15 is 0 Å². The predicted octanol–water partition coefficient (Wildman–Crippen LogP) is 4.13. The zero-order valence-corrected chi connectivity index (χ0v) is 10.7. The van der Waals surface area contributed by atoms with Gasteiger partial charge in [-0.15, -0.1) is 0 Å². The Kier molecular flexibility index (Phi) is 3.69. The summed E-state index contributed by atoms with van der Waals surface area (Å²) in [6.45, 7) is 0. The molecular formula is C14H24O3. The molecule has 1 atom stereocenters. The molecule has 1 heterocycles. The van der Waals surface area contributed by atoms with E-state index in [4.69, 9.17) is 9.78 Å². The van der Waals surface area contributed by atoms with Crippen LogP contribution in [0, 0.1) is 11.8 Å². The minimum Gasteiger partial charge on any atom is -0.167 e. The van der Waals surface area contributed by atoms with Crippen LogP contribution in [0.15, 0.2) is 0 Å². The third-order valence-corrected chi connectivity index (χ3v) is 4.92. The molecule has 1 unspecified atom stereocenters. The lowest BCUT2D eigenvalue weighted by molar-refractivity contribution is -0.742. The highest BCUT2D eigenvalue weighted by molar-refractivity contribution is 4.88. The SMILES string of the molecule is C1CCCC(C2CCCCCC23OOO3)CC1. The van der Waals surface area contributed by atoms with Gasteiger partial charge in [-0.1, -0.05) is 43.6 Å². The molecule has 0 N–H and O–H groups in total. The molecule has 98 valence electrons. The van der Waals surface area contributed by atoms with Crippen molar-refractivity contribution in [2.45, 2.75) is 76.4 Å². The van der Waals surface area contributed by atoms with Crippen molar-refractivity contribution in [3.63, 3.8) is 0 Å². The van der Waals surface area contributed by atoms with Crippen LogP contribution in [0.4, 0.5) is 0 Å². The van der Waals surface area contributed by atoms with Gasteiger partial charge in [0.1, 0.15) is 0 Å². The van der Waals surface area contributed by atoms with Crippen LogP contribution in [0.5, 0.6) is 0 Å². The van der Waals surface area contributed by atoms with E-state index in [0.717, 1.165) is 12.3 Å². The molecule has 0 amide bonds. The minimum atomic E-state index is -0.370. The van der Waals surface area contributed by atoms with Crippen LogP contribution in [-0.2, 0) is 14.8 Å². The normalized spacial score (nSPS) is 34.9. The molecule has 3 rings (SSSR count). The first-order chi connectivity index (χ1) is 8.41. The summed E-state index contributed by atoms with van der Waals surface area (Å²) in [5.41, 5.74) is 0. The molecule has 3 heteroatoms. The second-order valence-corrected chi connectivity index (χ2v) is 6.00. The van der Waals surface area contributed by atoms with E-state index < -0.39 is 0 Å². The van der Waals surface area contributed by atoms with Crippen LogP contribution in [0.2, 0.25) is 0 Å². The van der Waals surface area contributed by atoms with Gasteiger partial charge in [-0.3, -0.25) is 0 Å². The standard InChI is InChI=1S/C14H24O3/c1-2-5-9-12(8-4-1)13-10-6-3-7-11-14(13)15-17-16-14/h12-13H,1-11H2. The van der Waals surface area contributed by atoms with Crippen LogP contribution in [0.25, 0.3) is 0 Å². The molecule has 1 spiro atoms. The summed E-state index contributed by atoms with van der Waals surface area (Å²) >= 11 is 0. The first kappa shape index (κ1) is 11.9. The fraction of sp³-hybridized carbons (Fsp3) is 1.00. The molecule has 0 aromatic rings. The molecule has 3 nitrogen and oxygen atoms in total. The average Bonchev–Trinajstić information content (AvgIpc) is 2.68. The molecule has 1 saturated heterocycles. The first-order valence-corrected chi connectivity index (χ1v) is 7.44. The van der Waals surface area contributed by atoms with Gasteiger partial charge in [-0.2, -0.15) is 9.78 Å². The number of hydrogen-bond donors (Lipinski definition) is 0. The Bertz CT molecular complexity index is 242. The van der Waals surface area contributed by atoms with Crippen molar-refractivity contribution in [2.24, 2.45) is 11.8 Å². The van der Waals surface area contributed by atoms with Crippen molar-refractivity contribution in [1.29, 1.82) is 0 Å². The molecule has 0 bridgehead atoms. The summed E-state index contributed by atoms with van der Waals surface area (Å²) in [6.07, 6.45) is 14.5. The van der Waals surface area contributed by atoms with E-state index in [-0.39, 0.29) is 5.79 Å². The molecule has 2 saturated carbocycles. The highest BCUT2D eigenvalue weighted by atomic mass is 17.6. The maximum absolute atomic E-state index is 5.42. The van der Waals surface area contributed by atoms with Crippen LogP contribution in [0.1, 0.15) is 70.6 Å². The number of rotatable bonds is 1. The summed E-state index contributed by atoms with van der Waals surface area (Å²) in [5, 5.41) is 4.62. The van der Waals surface area contributed by atoms with Crippen LogP contribution in [-0.4, -0.2) is 5.79 Å². The van der Waals surface area contributed by atoms with Crippen molar-refractivity contribution >= 4 is 0 Å². The maximum Gasteiger partial charge on any atom is 0.243 e. The van der Waals surface area contributed by atoms with Gasteiger partial charge in [0, 0.05) is 12.3 Å². The molecule has 2 aliphatic carbocycles. The Morgan fingerprint density at radius 1 is 0.706 bits per heavy atom. The molecule has 0 aromatic heterocycles. The monoisotopic (exact) mass is 240 g/mol. The fourth-order valence-corrected chi connectivity index (χ4v) is 3.95. The molecule has 3 aliphatic rings. The maximum atomic E-state index is 5.42. The van der Waals surface area contributed by atoms with Crippen molar-refractivity contribution in [3.05, 3.63) is 0 Å². The number of hydrogen-bond acceptors (Lipinski definition) is 3. The first-order valence-electron chi connectivity index (χ1n) is 7.44. The van der Waals surface area contributed by atoms with Gasteiger partial charge in [0.2, 0.25) is 5.79 Å². The van der Waals surface area contributed by atoms with Crippen molar-refractivity contribution in [2.75, 3.05) is 0 Å². The van der Waals surface area contributed by atoms with E-state index in [1.54, 1.807) is 0 Å². The smallest absolute Gasteiger partial charge is 0.167 e. The topological polar surface area (TPSA) is 27.7 Å². The van der Waals surface area contributed by atoms with E-state index in [1.807, 2.05) is 0 Å². The lowest BCUT2D eigenvalue weighted by Gasteiger charge is -2.44. The quantitative estimate of drug-likeness (QED) is 0.509. The Labute approximate surface area is 104 Å². The van der Waals surface area contributed by atoms with Crippen molar-refractivity contribution in [1.82, 2.24) is 0 Å². The average molecular weight is 240 g/mol. The van der Waals surface area contributed by atoms with E-state index in [2.05, 4.69) is 5.04 Å². The van der Waals surface area contributed by atoms with E-state index in [0.29, 0.717) is 5.92 Å². The summed E-state index contributed by atoms with van der Waals surface area (Å²) < 4.78 is 0. The van der Waals surface area contributed by atoms with Crippen molar-refractivity contribution in [3.8, 4) is 0 Å². The highest BCUT2D eigenvalue weighted by Crippen LogP contribution is 2.48. The summed E-state index contributed by atoms with van der Waals surface area (Å²) in [7, 11) is 0. The summed E-state index contributed by atoms with van der Waals surface area (Å²) in [5.74, 6) is 0.988. The largest absolute Gasteiger partial charge is 0.243 e. The lowest BCUT2D eigenvalue weighted by atomic mass is 9.77. The molecule has 1 aliphatic heterocycles. The lowest BCUT2D eigenvalue weighted by Crippen LogP contribution is -2.53. The third kappa shape index (κ3) is 2.38. The van der Waals surface area contributed by atoms with Gasteiger partial charge in [-0.25, -0.2) is 0 Å². The van der Waals surface area contributed by atoms with Crippen LogP contribution in [0.3, 0.4) is 0 Å². The molecular weight excluding hydrogens is 216 g/mol. The van der Waals surface area contributed by atoms with Crippen molar-refractivity contribution < 1.29 is 14.8 Å². The zero-order valence-electron chi connectivity index (χ0n) is 10.7. The fourth-order valence-electron chi connectivity index (χ4n) is 3.95. The van der Waals surface area contributed by atoms with Gasteiger partial charge in [-0.05, 0) is 31.6 Å². The second kappa shape index (κ2) is 5.25. The zero-order chi connectivity index (χ0) is 11.6. The molecule has 3 fully saturated rings. The highest BCUT2D eigenvalue weighted by Gasteiger charge is 2.53. The van der Waals surface area contributed by atoms with Crippen LogP contribution >= 0.6 is 0 Å². The van der Waals surface area contributed by atoms with E-state index in [9.17, 15) is 0 Å². The van der Waals surface area contributed by atoms with Gasteiger partial charge < -0.3 is 0 Å². The predicted molar refractivity (Wildman–Crippen MR) is 63.8 cm³/mol. The second-order valence-electron chi connectivity index (χ2n) is 6.00. The minimum absolute atomic E-state index is 0.370. The van der Waals surface area contributed by atoms with Gasteiger partial charge in [0.05, 0.1) is 0 Å². The van der Waals surface area contributed by atoms with Gasteiger partial charge in [0.25, 0.3) is 0 Å². The van der Waals surface area contributed by atoms with E-state index in [1.165, 1.54) is 64.2 Å². The third-order valence-electron chi connectivity index (χ3n) is 4.92. The molecule has 0 radical (unpaired) electrons. The van der Waals surface area contributed by atoms with Gasteiger partial charge >= 0.3 is 0 Å². The Morgan fingerprint density at radius 3 is 2.00 bits per heavy atom. The Morgan fingerprint density at radius 2 is 1.35 bits per heavy atom. The molecule has 0 aromatic carbocycles. The Balaban J connectivity index is 1.72. The van der Waals surface area contributed by atoms with Crippen LogP contribution < -0.4 is 0 Å². The summed E-state index contributed by atoms with van der Waals surface area (Å²) in [4.78, 5) is 10.8. The van der Waals surface area contributed by atoms with Gasteiger partial charge in [0.15, 0.2) is 0 Å². The summed E-state index contributed by atoms with van der Waals surface area (Å²) in [6, 6.07) is 0.